The largest absolute Gasteiger partial charge is 0.480 e. The van der Waals surface area contributed by atoms with Crippen LogP contribution in [0.15, 0.2) is 126 Å². The highest BCUT2D eigenvalue weighted by atomic mass is 19.1. The molecule has 1 heterocycles. The number of nitrogens with zero attached hydrogens (tertiary/aromatic N) is 1. The van der Waals surface area contributed by atoms with Gasteiger partial charge < -0.3 is 14.8 Å². The lowest BCUT2D eigenvalue weighted by Crippen LogP contribution is -2.31. The average molecular weight is 587 g/mol. The summed E-state index contributed by atoms with van der Waals surface area (Å²) < 4.78 is 21.2. The summed E-state index contributed by atoms with van der Waals surface area (Å²) in [5, 5.41) is 25.1. The van der Waals surface area contributed by atoms with Crippen molar-refractivity contribution in [3.63, 3.8) is 0 Å². The van der Waals surface area contributed by atoms with Crippen LogP contribution in [0.3, 0.4) is 0 Å². The number of carbonyl (C=O) groups is 1. The van der Waals surface area contributed by atoms with E-state index in [1.807, 2.05) is 84.9 Å². The first-order chi connectivity index (χ1) is 21.4. The molecule has 8 heteroatoms. The van der Waals surface area contributed by atoms with Crippen molar-refractivity contribution in [1.29, 1.82) is 0 Å². The van der Waals surface area contributed by atoms with Gasteiger partial charge in [-0.2, -0.15) is 0 Å². The monoisotopic (exact) mass is 586 g/mol. The Labute approximate surface area is 252 Å². The first-order valence-electron chi connectivity index (χ1n) is 14.0. The van der Waals surface area contributed by atoms with Crippen LogP contribution in [0, 0.1) is 15.9 Å². The van der Waals surface area contributed by atoms with Crippen molar-refractivity contribution >= 4 is 28.3 Å². The molecule has 0 radical (unpaired) electrons. The molecular formula is C36H27FN2O5. The number of hydrogen-bond donors (Lipinski definition) is 2. The van der Waals surface area contributed by atoms with Crippen molar-refractivity contribution in [3.8, 4) is 22.3 Å². The minimum absolute atomic E-state index is 0.115. The first kappa shape index (κ1) is 28.4. The molecule has 1 aromatic heterocycles. The molecule has 0 saturated carbocycles. The number of nitro benzene ring substituents is 1. The lowest BCUT2D eigenvalue weighted by molar-refractivity contribution is -0.383. The highest BCUT2D eigenvalue weighted by molar-refractivity contribution is 5.96. The smallest absolute Gasteiger partial charge is 0.326 e. The Morgan fingerprint density at radius 3 is 2.11 bits per heavy atom. The topological polar surface area (TPSA) is 106 Å². The van der Waals surface area contributed by atoms with E-state index in [1.54, 1.807) is 18.2 Å². The van der Waals surface area contributed by atoms with Crippen molar-refractivity contribution in [2.75, 3.05) is 5.32 Å². The zero-order valence-electron chi connectivity index (χ0n) is 23.4. The predicted octanol–water partition coefficient (Wildman–Crippen LogP) is 8.51. The number of fused-ring (bicyclic) bond motifs is 1. The van der Waals surface area contributed by atoms with Crippen molar-refractivity contribution in [2.45, 2.75) is 18.9 Å². The molecule has 0 spiro atoms. The van der Waals surface area contributed by atoms with Gasteiger partial charge in [-0.3, -0.25) is 10.1 Å². The molecule has 0 aliphatic rings. The van der Waals surface area contributed by atoms with Gasteiger partial charge >= 0.3 is 5.97 Å². The molecule has 44 heavy (non-hydrogen) atoms. The van der Waals surface area contributed by atoms with Crippen LogP contribution in [-0.2, 0) is 17.6 Å². The summed E-state index contributed by atoms with van der Waals surface area (Å²) in [5.74, 6) is -0.855. The van der Waals surface area contributed by atoms with Gasteiger partial charge in [0.2, 0.25) is 0 Å². The fraction of sp³-hybridized carbons (Fsp3) is 0.0833. The van der Waals surface area contributed by atoms with Crippen LogP contribution >= 0.6 is 0 Å². The highest BCUT2D eigenvalue weighted by Crippen LogP contribution is 2.39. The van der Waals surface area contributed by atoms with Crippen molar-refractivity contribution in [2.24, 2.45) is 0 Å². The molecule has 0 bridgehead atoms. The highest BCUT2D eigenvalue weighted by Gasteiger charge is 2.24. The Bertz CT molecular complexity index is 1950. The first-order valence-corrected chi connectivity index (χ1v) is 14.0. The molecule has 2 N–H and O–H groups in total. The summed E-state index contributed by atoms with van der Waals surface area (Å²) >= 11 is 0. The predicted molar refractivity (Wildman–Crippen MR) is 168 cm³/mol. The number of rotatable bonds is 10. The van der Waals surface area contributed by atoms with Crippen LogP contribution < -0.4 is 5.32 Å². The molecule has 0 amide bonds. The molecule has 0 aliphatic carbocycles. The molecule has 0 fully saturated rings. The number of hydrogen-bond acceptors (Lipinski definition) is 5. The number of halogens is 1. The average Bonchev–Trinajstić information content (AvgIpc) is 3.41. The third-order valence-electron chi connectivity index (χ3n) is 7.56. The summed E-state index contributed by atoms with van der Waals surface area (Å²) in [6.45, 7) is 0. The number of benzene rings is 5. The molecule has 6 aromatic rings. The standard InChI is InChI=1S/C36H27FN2O5/c37-28-12-7-13-32-35(28)34(33(44-32)21-24-10-5-2-6-11-24)26-16-14-25(15-17-26)27-18-19-29(31(22-27)39(42)43)38-30(36(40)41)20-23-8-3-1-4-9-23/h1-19,22,30,38H,20-21H2,(H,40,41). The van der Waals surface area contributed by atoms with Gasteiger partial charge in [0.05, 0.1) is 10.3 Å². The van der Waals surface area contributed by atoms with Crippen molar-refractivity contribution in [1.82, 2.24) is 0 Å². The lowest BCUT2D eigenvalue weighted by Gasteiger charge is -2.16. The number of carboxylic acid groups (broad SMARTS) is 1. The number of carboxylic acids is 1. The van der Waals surface area contributed by atoms with Crippen LogP contribution in [0.2, 0.25) is 0 Å². The van der Waals surface area contributed by atoms with Gasteiger partial charge in [-0.15, -0.1) is 0 Å². The van der Waals surface area contributed by atoms with Crippen molar-refractivity contribution in [3.05, 3.63) is 154 Å². The van der Waals surface area contributed by atoms with Crippen LogP contribution in [0.25, 0.3) is 33.2 Å². The van der Waals surface area contributed by atoms with E-state index in [2.05, 4.69) is 5.32 Å². The van der Waals surface area contributed by atoms with Crippen LogP contribution in [0.1, 0.15) is 16.9 Å². The maximum atomic E-state index is 15.1. The molecule has 1 atom stereocenters. The maximum absolute atomic E-state index is 15.1. The van der Waals surface area contributed by atoms with Crippen LogP contribution in [0.5, 0.6) is 0 Å². The Kier molecular flexibility index (Phi) is 7.88. The molecule has 6 rings (SSSR count). The van der Waals surface area contributed by atoms with Gasteiger partial charge in [-0.05, 0) is 46.0 Å². The number of nitrogens with one attached hydrogen (secondary N) is 1. The lowest BCUT2D eigenvalue weighted by atomic mass is 9.96. The second-order valence-electron chi connectivity index (χ2n) is 10.5. The summed E-state index contributed by atoms with van der Waals surface area (Å²) in [5.41, 5.74) is 4.86. The second-order valence-corrected chi connectivity index (χ2v) is 10.5. The van der Waals surface area contributed by atoms with E-state index < -0.39 is 16.9 Å². The molecule has 0 saturated heterocycles. The number of aliphatic carboxylic acids is 1. The van der Waals surface area contributed by atoms with Gasteiger partial charge in [0, 0.05) is 24.5 Å². The maximum Gasteiger partial charge on any atom is 0.326 e. The number of nitro groups is 1. The quantitative estimate of drug-likeness (QED) is 0.123. The molecule has 1 unspecified atom stereocenters. The van der Waals surface area contributed by atoms with Gasteiger partial charge in [0.1, 0.15) is 28.9 Å². The van der Waals surface area contributed by atoms with E-state index in [0.29, 0.717) is 39.8 Å². The molecular weight excluding hydrogens is 559 g/mol. The zero-order chi connectivity index (χ0) is 30.6. The Hall–Kier alpha value is -5.76. The SMILES string of the molecule is O=C(O)C(Cc1ccccc1)Nc1ccc(-c2ccc(-c3c(Cc4ccccc4)oc4cccc(F)c34)cc2)cc1[N+](=O)[O-]. The van der Waals surface area contributed by atoms with Gasteiger partial charge in [0.15, 0.2) is 0 Å². The van der Waals surface area contributed by atoms with E-state index in [-0.39, 0.29) is 23.6 Å². The van der Waals surface area contributed by atoms with Crippen LogP contribution in [0.4, 0.5) is 15.8 Å². The minimum Gasteiger partial charge on any atom is -0.480 e. The van der Waals surface area contributed by atoms with Gasteiger partial charge in [0.25, 0.3) is 5.69 Å². The van der Waals surface area contributed by atoms with Gasteiger partial charge in [-0.25, -0.2) is 9.18 Å². The van der Waals surface area contributed by atoms with E-state index in [0.717, 1.165) is 16.7 Å². The summed E-state index contributed by atoms with van der Waals surface area (Å²) in [6.07, 6.45) is 0.639. The summed E-state index contributed by atoms with van der Waals surface area (Å²) in [4.78, 5) is 23.5. The summed E-state index contributed by atoms with van der Waals surface area (Å²) in [6, 6.07) is 34.6. The molecule has 7 nitrogen and oxygen atoms in total. The van der Waals surface area contributed by atoms with Crippen LogP contribution in [-0.4, -0.2) is 22.0 Å². The van der Waals surface area contributed by atoms with E-state index in [1.165, 1.54) is 18.2 Å². The Morgan fingerprint density at radius 2 is 1.45 bits per heavy atom. The van der Waals surface area contributed by atoms with Gasteiger partial charge in [-0.1, -0.05) is 97.1 Å². The minimum atomic E-state index is -1.11. The Balaban J connectivity index is 1.32. The van der Waals surface area contributed by atoms with Crippen molar-refractivity contribution < 1.29 is 23.6 Å². The third kappa shape index (κ3) is 5.91. The summed E-state index contributed by atoms with van der Waals surface area (Å²) in [7, 11) is 0. The molecule has 0 aliphatic heterocycles. The second kappa shape index (κ2) is 12.2. The molecule has 5 aromatic carbocycles. The Morgan fingerprint density at radius 1 is 0.818 bits per heavy atom. The molecule has 218 valence electrons. The fourth-order valence-corrected chi connectivity index (χ4v) is 5.42. The normalized spacial score (nSPS) is 11.8. The van der Waals surface area contributed by atoms with E-state index in [9.17, 15) is 20.0 Å². The fourth-order valence-electron chi connectivity index (χ4n) is 5.42. The number of anilines is 1. The zero-order valence-corrected chi connectivity index (χ0v) is 23.4. The third-order valence-corrected chi connectivity index (χ3v) is 7.56. The van der Waals surface area contributed by atoms with E-state index in [4.69, 9.17) is 4.42 Å². The van der Waals surface area contributed by atoms with E-state index >= 15 is 4.39 Å². The number of furan rings is 1.